The maximum Gasteiger partial charge on any atom is 0.197 e. The second-order valence-electron chi connectivity index (χ2n) is 3.86. The van der Waals surface area contributed by atoms with Crippen molar-refractivity contribution in [1.29, 1.82) is 0 Å². The Bertz CT molecular complexity index is 587. The maximum atomic E-state index is 13.2. The molecule has 2 nitrogen and oxygen atoms in total. The van der Waals surface area contributed by atoms with Gasteiger partial charge in [0.2, 0.25) is 0 Å². The zero-order valence-corrected chi connectivity index (χ0v) is 10.1. The van der Waals surface area contributed by atoms with Gasteiger partial charge in [0.25, 0.3) is 0 Å². The van der Waals surface area contributed by atoms with Crippen LogP contribution < -0.4 is 0 Å². The number of hydrogen-bond acceptors (Lipinski definition) is 2. The molecular formula is C13H10ClFO2. The van der Waals surface area contributed by atoms with Crippen molar-refractivity contribution in [2.24, 2.45) is 0 Å². The molecular weight excluding hydrogens is 243 g/mol. The Morgan fingerprint density at radius 3 is 2.59 bits per heavy atom. The van der Waals surface area contributed by atoms with Crippen LogP contribution in [0.15, 0.2) is 28.9 Å². The SMILES string of the molecule is Cc1cc(C(=O)c2cc(C)c(F)cc2Cl)co1. The van der Waals surface area contributed by atoms with Crippen molar-refractivity contribution >= 4 is 17.4 Å². The number of furan rings is 1. The Morgan fingerprint density at radius 1 is 1.29 bits per heavy atom. The summed E-state index contributed by atoms with van der Waals surface area (Å²) in [6.45, 7) is 3.33. The van der Waals surface area contributed by atoms with E-state index in [1.54, 1.807) is 19.9 Å². The number of hydrogen-bond donors (Lipinski definition) is 0. The molecule has 0 N–H and O–H groups in total. The summed E-state index contributed by atoms with van der Waals surface area (Å²) >= 11 is 5.86. The summed E-state index contributed by atoms with van der Waals surface area (Å²) in [6.07, 6.45) is 1.37. The molecule has 0 atom stereocenters. The van der Waals surface area contributed by atoms with Crippen LogP contribution in [0.5, 0.6) is 0 Å². The van der Waals surface area contributed by atoms with E-state index < -0.39 is 5.82 Å². The molecule has 0 aliphatic carbocycles. The molecule has 1 heterocycles. The first-order valence-electron chi connectivity index (χ1n) is 5.04. The average Bonchev–Trinajstić information content (AvgIpc) is 2.69. The topological polar surface area (TPSA) is 30.2 Å². The molecule has 2 rings (SSSR count). The highest BCUT2D eigenvalue weighted by molar-refractivity contribution is 6.35. The molecule has 0 unspecified atom stereocenters. The molecule has 1 aromatic carbocycles. The first-order valence-corrected chi connectivity index (χ1v) is 5.42. The molecule has 2 aromatic rings. The molecule has 0 saturated heterocycles. The first kappa shape index (κ1) is 11.9. The third-order valence-corrected chi connectivity index (χ3v) is 2.80. The van der Waals surface area contributed by atoms with Gasteiger partial charge in [-0.3, -0.25) is 4.79 Å². The van der Waals surface area contributed by atoms with Crippen LogP contribution in [0.1, 0.15) is 27.2 Å². The molecule has 88 valence electrons. The lowest BCUT2D eigenvalue weighted by atomic mass is 10.0. The van der Waals surface area contributed by atoms with Crippen LogP contribution in [0.4, 0.5) is 4.39 Å². The molecule has 17 heavy (non-hydrogen) atoms. The summed E-state index contributed by atoms with van der Waals surface area (Å²) in [4.78, 5) is 12.1. The summed E-state index contributed by atoms with van der Waals surface area (Å²) < 4.78 is 18.3. The standard InChI is InChI=1S/C13H10ClFO2/c1-7-3-10(11(14)5-12(7)15)13(16)9-4-8(2)17-6-9/h3-6H,1-2H3. The summed E-state index contributed by atoms with van der Waals surface area (Å²) in [5.74, 6) is -0.0480. The lowest BCUT2D eigenvalue weighted by molar-refractivity contribution is 0.103. The number of benzene rings is 1. The number of halogens is 2. The molecule has 0 radical (unpaired) electrons. The monoisotopic (exact) mass is 252 g/mol. The van der Waals surface area contributed by atoms with Crippen LogP contribution >= 0.6 is 11.6 Å². The lowest BCUT2D eigenvalue weighted by Gasteiger charge is -2.04. The van der Waals surface area contributed by atoms with Crippen molar-refractivity contribution in [2.75, 3.05) is 0 Å². The van der Waals surface area contributed by atoms with Gasteiger partial charge in [-0.05, 0) is 37.6 Å². The van der Waals surface area contributed by atoms with Gasteiger partial charge in [-0.25, -0.2) is 4.39 Å². The molecule has 0 saturated carbocycles. The van der Waals surface area contributed by atoms with Crippen LogP contribution in [0.2, 0.25) is 5.02 Å². The van der Waals surface area contributed by atoms with Gasteiger partial charge >= 0.3 is 0 Å². The van der Waals surface area contributed by atoms with E-state index in [1.165, 1.54) is 12.3 Å². The largest absolute Gasteiger partial charge is 0.469 e. The number of aryl methyl sites for hydroxylation is 2. The van der Waals surface area contributed by atoms with Crippen molar-refractivity contribution in [3.8, 4) is 0 Å². The van der Waals surface area contributed by atoms with Gasteiger partial charge in [0, 0.05) is 5.56 Å². The van der Waals surface area contributed by atoms with Crippen molar-refractivity contribution in [3.05, 3.63) is 57.8 Å². The van der Waals surface area contributed by atoms with Gasteiger partial charge in [-0.15, -0.1) is 0 Å². The second-order valence-corrected chi connectivity index (χ2v) is 4.26. The smallest absolute Gasteiger partial charge is 0.197 e. The van der Waals surface area contributed by atoms with Crippen LogP contribution in [0, 0.1) is 19.7 Å². The molecule has 0 aliphatic rings. The van der Waals surface area contributed by atoms with E-state index in [-0.39, 0.29) is 16.4 Å². The molecule has 0 spiro atoms. The van der Waals surface area contributed by atoms with E-state index in [4.69, 9.17) is 16.0 Å². The van der Waals surface area contributed by atoms with Crippen LogP contribution in [0.3, 0.4) is 0 Å². The summed E-state index contributed by atoms with van der Waals surface area (Å²) in [7, 11) is 0. The van der Waals surface area contributed by atoms with E-state index in [0.717, 1.165) is 6.07 Å². The summed E-state index contributed by atoms with van der Waals surface area (Å²) in [6, 6.07) is 4.22. The van der Waals surface area contributed by atoms with E-state index in [0.29, 0.717) is 16.9 Å². The highest BCUT2D eigenvalue weighted by atomic mass is 35.5. The molecule has 0 amide bonds. The third kappa shape index (κ3) is 2.24. The zero-order chi connectivity index (χ0) is 12.6. The number of rotatable bonds is 2. The van der Waals surface area contributed by atoms with Crippen molar-refractivity contribution in [3.63, 3.8) is 0 Å². The fourth-order valence-corrected chi connectivity index (χ4v) is 1.79. The summed E-state index contributed by atoms with van der Waals surface area (Å²) in [5.41, 5.74) is 1.08. The molecule has 0 fully saturated rings. The van der Waals surface area contributed by atoms with Crippen molar-refractivity contribution in [1.82, 2.24) is 0 Å². The fourth-order valence-electron chi connectivity index (χ4n) is 1.55. The second kappa shape index (κ2) is 4.34. The van der Waals surface area contributed by atoms with E-state index in [2.05, 4.69) is 0 Å². The Morgan fingerprint density at radius 2 is 2.00 bits per heavy atom. The van der Waals surface area contributed by atoms with Gasteiger partial charge < -0.3 is 4.42 Å². The minimum absolute atomic E-state index is 0.108. The fraction of sp³-hybridized carbons (Fsp3) is 0.154. The highest BCUT2D eigenvalue weighted by Crippen LogP contribution is 2.23. The van der Waals surface area contributed by atoms with Crippen molar-refractivity contribution < 1.29 is 13.6 Å². The van der Waals surface area contributed by atoms with E-state index >= 15 is 0 Å². The minimum atomic E-state index is -0.421. The molecule has 1 aromatic heterocycles. The van der Waals surface area contributed by atoms with Crippen LogP contribution in [0.25, 0.3) is 0 Å². The number of carbonyl (C=O) groups excluding carboxylic acids is 1. The Balaban J connectivity index is 2.47. The van der Waals surface area contributed by atoms with E-state index in [1.807, 2.05) is 0 Å². The van der Waals surface area contributed by atoms with Crippen molar-refractivity contribution in [2.45, 2.75) is 13.8 Å². The van der Waals surface area contributed by atoms with Gasteiger partial charge in [0.15, 0.2) is 5.78 Å². The van der Waals surface area contributed by atoms with Gasteiger partial charge in [-0.2, -0.15) is 0 Å². The average molecular weight is 253 g/mol. The molecule has 4 heteroatoms. The van der Waals surface area contributed by atoms with E-state index in [9.17, 15) is 9.18 Å². The predicted octanol–water partition coefficient (Wildman–Crippen LogP) is 3.92. The summed E-state index contributed by atoms with van der Waals surface area (Å²) in [5, 5.41) is 0.108. The number of carbonyl (C=O) groups is 1. The Labute approximate surface area is 103 Å². The Kier molecular flexibility index (Phi) is 3.03. The maximum absolute atomic E-state index is 13.2. The van der Waals surface area contributed by atoms with Gasteiger partial charge in [-0.1, -0.05) is 11.6 Å². The Hall–Kier alpha value is -1.61. The zero-order valence-electron chi connectivity index (χ0n) is 9.38. The van der Waals surface area contributed by atoms with Gasteiger partial charge in [0.05, 0.1) is 10.6 Å². The molecule has 0 aliphatic heterocycles. The lowest BCUT2D eigenvalue weighted by Crippen LogP contribution is -2.02. The molecule has 0 bridgehead atoms. The number of ketones is 1. The normalized spacial score (nSPS) is 10.6. The first-order chi connectivity index (χ1) is 7.99. The van der Waals surface area contributed by atoms with Crippen LogP contribution in [-0.2, 0) is 0 Å². The highest BCUT2D eigenvalue weighted by Gasteiger charge is 2.16. The quantitative estimate of drug-likeness (QED) is 0.759. The third-order valence-electron chi connectivity index (χ3n) is 2.49. The predicted molar refractivity (Wildman–Crippen MR) is 63.0 cm³/mol. The van der Waals surface area contributed by atoms with Crippen LogP contribution in [-0.4, -0.2) is 5.78 Å². The minimum Gasteiger partial charge on any atom is -0.469 e. The van der Waals surface area contributed by atoms with Gasteiger partial charge in [0.1, 0.15) is 17.8 Å².